The third kappa shape index (κ3) is 7.50. The number of nitrogens with one attached hydrogen (secondary N) is 2. The summed E-state index contributed by atoms with van der Waals surface area (Å²) >= 11 is 24.1. The van der Waals surface area contributed by atoms with Crippen molar-refractivity contribution in [1.29, 1.82) is 0 Å². The van der Waals surface area contributed by atoms with Crippen molar-refractivity contribution in [2.24, 2.45) is 0 Å². The van der Waals surface area contributed by atoms with E-state index in [2.05, 4.69) is 68.2 Å². The third-order valence-corrected chi connectivity index (χ3v) is 7.41. The van der Waals surface area contributed by atoms with Crippen LogP contribution in [0.4, 0.5) is 11.6 Å². The highest BCUT2D eigenvalue weighted by atomic mass is 35.5. The molecule has 6 rings (SSSR count). The van der Waals surface area contributed by atoms with Gasteiger partial charge < -0.3 is 19.8 Å². The van der Waals surface area contributed by atoms with Crippen LogP contribution in [0.25, 0.3) is 22.3 Å². The van der Waals surface area contributed by atoms with E-state index < -0.39 is 0 Å². The first kappa shape index (κ1) is 31.7. The van der Waals surface area contributed by atoms with Crippen LogP contribution in [-0.4, -0.2) is 39.0 Å². The summed E-state index contributed by atoms with van der Waals surface area (Å²) in [5, 5.41) is 8.31. The first-order chi connectivity index (χ1) is 21.1. The summed E-state index contributed by atoms with van der Waals surface area (Å²) in [6, 6.07) is 15.8. The molecule has 2 aromatic carbocycles. The molecule has 44 heavy (non-hydrogen) atoms. The molecule has 0 spiro atoms. The lowest BCUT2D eigenvalue weighted by atomic mass is 10.2. The number of benzene rings is 2. The summed E-state index contributed by atoms with van der Waals surface area (Å²) in [7, 11) is 0. The fraction of sp³-hybridized carbons (Fsp3) is 0.267. The summed E-state index contributed by atoms with van der Waals surface area (Å²) in [6.07, 6.45) is 3.51. The van der Waals surface area contributed by atoms with Gasteiger partial charge in [0.25, 0.3) is 0 Å². The Morgan fingerprint density at radius 2 is 1.02 bits per heavy atom. The lowest BCUT2D eigenvalue weighted by molar-refractivity contribution is 0.612. The molecule has 6 aromatic rings. The lowest BCUT2D eigenvalue weighted by Gasteiger charge is -2.09. The van der Waals surface area contributed by atoms with Crippen LogP contribution in [0.3, 0.4) is 0 Å². The van der Waals surface area contributed by atoms with Gasteiger partial charge in [0, 0.05) is 35.2 Å². The van der Waals surface area contributed by atoms with E-state index in [9.17, 15) is 0 Å². The van der Waals surface area contributed by atoms with Crippen LogP contribution in [0.2, 0.25) is 20.6 Å². The molecule has 0 unspecified atom stereocenters. The number of halogens is 4. The molecule has 0 atom stereocenters. The zero-order valence-corrected chi connectivity index (χ0v) is 27.5. The molecular weight excluding hydrogens is 642 g/mol. The minimum Gasteiger partial charge on any atom is -0.364 e. The van der Waals surface area contributed by atoms with E-state index in [4.69, 9.17) is 46.4 Å². The van der Waals surface area contributed by atoms with Gasteiger partial charge in [-0.3, -0.25) is 0 Å². The number of hydrogen-bond donors (Lipinski definition) is 2. The quantitative estimate of drug-likeness (QED) is 0.155. The Labute approximate surface area is 274 Å². The molecule has 0 fully saturated rings. The Hall–Kier alpha value is -3.70. The fourth-order valence-electron chi connectivity index (χ4n) is 4.45. The van der Waals surface area contributed by atoms with Crippen molar-refractivity contribution in [3.05, 3.63) is 92.9 Å². The Kier molecular flexibility index (Phi) is 10.1. The highest BCUT2D eigenvalue weighted by molar-refractivity contribution is 6.31. The second-order valence-electron chi connectivity index (χ2n) is 10.5. The van der Waals surface area contributed by atoms with E-state index in [-0.39, 0.29) is 22.7 Å². The summed E-state index contributed by atoms with van der Waals surface area (Å²) in [6.45, 7) is 9.42. The normalized spacial score (nSPS) is 11.3. The zero-order chi connectivity index (χ0) is 31.4. The van der Waals surface area contributed by atoms with Gasteiger partial charge >= 0.3 is 0 Å². The molecule has 0 saturated carbocycles. The lowest BCUT2D eigenvalue weighted by Crippen LogP contribution is -2.05. The van der Waals surface area contributed by atoms with E-state index in [1.807, 2.05) is 57.7 Å². The van der Waals surface area contributed by atoms with Crippen molar-refractivity contribution in [2.45, 2.75) is 52.9 Å². The molecule has 0 aliphatic rings. The molecule has 0 bridgehead atoms. The van der Waals surface area contributed by atoms with Crippen molar-refractivity contribution in [3.8, 4) is 0 Å². The highest BCUT2D eigenvalue weighted by Gasteiger charge is 2.15. The largest absolute Gasteiger partial charge is 0.364 e. The van der Waals surface area contributed by atoms with E-state index >= 15 is 0 Å². The van der Waals surface area contributed by atoms with Gasteiger partial charge in [-0.2, -0.15) is 19.9 Å². The third-order valence-electron chi connectivity index (χ3n) is 6.60. The maximum absolute atomic E-state index is 6.04. The second-order valence-corrected chi connectivity index (χ2v) is 12.0. The van der Waals surface area contributed by atoms with Crippen molar-refractivity contribution in [2.75, 3.05) is 10.6 Å². The van der Waals surface area contributed by atoms with Crippen molar-refractivity contribution in [1.82, 2.24) is 39.0 Å². The van der Waals surface area contributed by atoms with E-state index in [0.717, 1.165) is 22.4 Å². The summed E-state index contributed by atoms with van der Waals surface area (Å²) in [4.78, 5) is 25.9. The molecule has 0 amide bonds. The SMILES string of the molecule is CC(C)n1cnc2c(NCc3cccc(Cl)c3)nc(Cl)nc21.CC(C)n1cnc2c(NCc3cccc(Cl)c3)nc(Cl)nc21. The number of hydrogen-bond acceptors (Lipinski definition) is 8. The number of nitrogens with zero attached hydrogens (tertiary/aromatic N) is 8. The maximum Gasteiger partial charge on any atom is 0.226 e. The first-order valence-corrected chi connectivity index (χ1v) is 15.4. The first-order valence-electron chi connectivity index (χ1n) is 13.9. The van der Waals surface area contributed by atoms with Crippen LogP contribution < -0.4 is 10.6 Å². The molecule has 4 heterocycles. The van der Waals surface area contributed by atoms with Crippen molar-refractivity contribution >= 4 is 80.4 Å². The van der Waals surface area contributed by atoms with Gasteiger partial charge in [0.15, 0.2) is 34.0 Å². The van der Waals surface area contributed by atoms with E-state index in [1.54, 1.807) is 12.7 Å². The predicted molar refractivity (Wildman–Crippen MR) is 179 cm³/mol. The molecule has 0 saturated heterocycles. The summed E-state index contributed by atoms with van der Waals surface area (Å²) < 4.78 is 3.93. The molecule has 0 radical (unpaired) electrons. The maximum atomic E-state index is 6.04. The van der Waals surface area contributed by atoms with Crippen LogP contribution >= 0.6 is 46.4 Å². The standard InChI is InChI=1S/2C15H15Cl2N5/c2*1-9(2)22-8-19-12-13(20-15(17)21-14(12)22)18-7-10-4-3-5-11(16)6-10/h2*3-6,8-9H,7H2,1-2H3,(H,18,20,21). The van der Waals surface area contributed by atoms with Crippen LogP contribution in [0.15, 0.2) is 61.2 Å². The predicted octanol–water partition coefficient (Wildman–Crippen LogP) is 8.65. The Bertz CT molecular complexity index is 1760. The number of rotatable bonds is 8. The molecule has 0 aliphatic carbocycles. The Morgan fingerprint density at radius 3 is 1.39 bits per heavy atom. The van der Waals surface area contributed by atoms with Crippen molar-refractivity contribution < 1.29 is 0 Å². The average molecular weight is 672 g/mol. The number of imidazole rings is 2. The molecular formula is C30H30Cl4N10. The van der Waals surface area contributed by atoms with Crippen LogP contribution in [0, 0.1) is 0 Å². The Morgan fingerprint density at radius 1 is 0.614 bits per heavy atom. The topological polar surface area (TPSA) is 111 Å². The summed E-state index contributed by atoms with van der Waals surface area (Å²) in [5.74, 6) is 1.24. The van der Waals surface area contributed by atoms with E-state index in [1.165, 1.54) is 0 Å². The Balaban J connectivity index is 0.000000175. The van der Waals surface area contributed by atoms with Gasteiger partial charge in [0.05, 0.1) is 12.7 Å². The number of anilines is 2. The molecule has 4 aromatic heterocycles. The zero-order valence-electron chi connectivity index (χ0n) is 24.4. The van der Waals surface area contributed by atoms with E-state index in [0.29, 0.717) is 45.8 Å². The van der Waals surface area contributed by atoms with Gasteiger partial charge in [0.1, 0.15) is 0 Å². The molecule has 228 valence electrons. The monoisotopic (exact) mass is 670 g/mol. The molecule has 0 aliphatic heterocycles. The minimum atomic E-state index is 0.198. The summed E-state index contributed by atoms with van der Waals surface area (Å²) in [5.41, 5.74) is 4.98. The van der Waals surface area contributed by atoms with Crippen LogP contribution in [-0.2, 0) is 13.1 Å². The van der Waals surface area contributed by atoms with Crippen molar-refractivity contribution in [3.63, 3.8) is 0 Å². The fourth-order valence-corrected chi connectivity index (χ4v) is 5.20. The highest BCUT2D eigenvalue weighted by Crippen LogP contribution is 2.25. The number of fused-ring (bicyclic) bond motifs is 2. The average Bonchev–Trinajstić information content (AvgIpc) is 3.60. The second kappa shape index (κ2) is 13.9. The molecule has 2 N–H and O–H groups in total. The van der Waals surface area contributed by atoms with Crippen LogP contribution in [0.5, 0.6) is 0 Å². The minimum absolute atomic E-state index is 0.198. The molecule has 14 heteroatoms. The van der Waals surface area contributed by atoms with Gasteiger partial charge in [-0.25, -0.2) is 9.97 Å². The van der Waals surface area contributed by atoms with Gasteiger partial charge in [-0.15, -0.1) is 0 Å². The van der Waals surface area contributed by atoms with Gasteiger partial charge in [-0.05, 0) is 86.3 Å². The smallest absolute Gasteiger partial charge is 0.226 e. The van der Waals surface area contributed by atoms with Crippen LogP contribution in [0.1, 0.15) is 50.9 Å². The number of aromatic nitrogens is 8. The van der Waals surface area contributed by atoms with Gasteiger partial charge in [0.2, 0.25) is 10.6 Å². The van der Waals surface area contributed by atoms with Gasteiger partial charge in [-0.1, -0.05) is 47.5 Å². The molecule has 10 nitrogen and oxygen atoms in total.